The second-order valence-corrected chi connectivity index (χ2v) is 5.82. The zero-order valence-corrected chi connectivity index (χ0v) is 12.5. The van der Waals surface area contributed by atoms with Crippen LogP contribution in [0.3, 0.4) is 0 Å². The number of anilines is 2. The molecule has 2 unspecified atom stereocenters. The molecule has 1 saturated carbocycles. The van der Waals surface area contributed by atoms with Gasteiger partial charge in [-0.15, -0.1) is 0 Å². The van der Waals surface area contributed by atoms with Crippen LogP contribution < -0.4 is 22.3 Å². The number of nitrogens with zero attached hydrogens (tertiary/aromatic N) is 2. The summed E-state index contributed by atoms with van der Waals surface area (Å²) in [6.45, 7) is 4.71. The number of hydrogen-bond donors (Lipinski definition) is 2. The summed E-state index contributed by atoms with van der Waals surface area (Å²) in [5.41, 5.74) is 5.73. The molecular formula is C14H24N4O2. The molecule has 0 radical (unpaired) electrons. The van der Waals surface area contributed by atoms with Crippen molar-refractivity contribution in [1.29, 1.82) is 0 Å². The molecule has 0 saturated heterocycles. The fourth-order valence-electron chi connectivity index (χ4n) is 2.90. The van der Waals surface area contributed by atoms with Crippen molar-refractivity contribution in [1.82, 2.24) is 9.13 Å². The molecule has 1 fully saturated rings. The van der Waals surface area contributed by atoms with Crippen LogP contribution in [-0.2, 0) is 13.6 Å². The SMILES string of the molecule is CCCn1c(N)c(NC2CCC(C)C2)c(=O)n(C)c1=O. The molecule has 1 aliphatic rings. The molecule has 2 rings (SSSR count). The lowest BCUT2D eigenvalue weighted by Crippen LogP contribution is -2.41. The third-order valence-electron chi connectivity index (χ3n) is 4.07. The van der Waals surface area contributed by atoms with Gasteiger partial charge in [-0.25, -0.2) is 4.79 Å². The van der Waals surface area contributed by atoms with E-state index < -0.39 is 0 Å². The quantitative estimate of drug-likeness (QED) is 0.866. The van der Waals surface area contributed by atoms with Gasteiger partial charge >= 0.3 is 5.69 Å². The third kappa shape index (κ3) is 2.59. The number of nitrogens with one attached hydrogen (secondary N) is 1. The summed E-state index contributed by atoms with van der Waals surface area (Å²) >= 11 is 0. The van der Waals surface area contributed by atoms with Crippen LogP contribution in [0.15, 0.2) is 9.59 Å². The standard InChI is InChI=1S/C14H24N4O2/c1-4-7-18-12(15)11(13(19)17(3)14(18)20)16-10-6-5-9(2)8-10/h9-10,16H,4-8,15H2,1-3H3. The summed E-state index contributed by atoms with van der Waals surface area (Å²) in [5, 5.41) is 3.26. The summed E-state index contributed by atoms with van der Waals surface area (Å²) in [6, 6.07) is 0.271. The number of hydrogen-bond acceptors (Lipinski definition) is 4. The molecule has 1 heterocycles. The smallest absolute Gasteiger partial charge is 0.332 e. The Balaban J connectivity index is 2.42. The van der Waals surface area contributed by atoms with Crippen molar-refractivity contribution in [3.63, 3.8) is 0 Å². The maximum absolute atomic E-state index is 12.2. The zero-order chi connectivity index (χ0) is 14.9. The van der Waals surface area contributed by atoms with Crippen LogP contribution in [-0.4, -0.2) is 15.2 Å². The van der Waals surface area contributed by atoms with Gasteiger partial charge in [-0.1, -0.05) is 13.8 Å². The monoisotopic (exact) mass is 280 g/mol. The van der Waals surface area contributed by atoms with E-state index >= 15 is 0 Å². The van der Waals surface area contributed by atoms with Gasteiger partial charge in [-0.05, 0) is 31.6 Å². The lowest BCUT2D eigenvalue weighted by Gasteiger charge is -2.19. The fraction of sp³-hybridized carbons (Fsp3) is 0.714. The molecule has 3 N–H and O–H groups in total. The van der Waals surface area contributed by atoms with E-state index in [9.17, 15) is 9.59 Å². The second-order valence-electron chi connectivity index (χ2n) is 5.82. The molecule has 2 atom stereocenters. The van der Waals surface area contributed by atoms with Crippen molar-refractivity contribution in [2.24, 2.45) is 13.0 Å². The van der Waals surface area contributed by atoms with Crippen LogP contribution in [0, 0.1) is 5.92 Å². The molecular weight excluding hydrogens is 256 g/mol. The van der Waals surface area contributed by atoms with Gasteiger partial charge in [0.15, 0.2) is 0 Å². The predicted molar refractivity (Wildman–Crippen MR) is 81.1 cm³/mol. The average molecular weight is 280 g/mol. The van der Waals surface area contributed by atoms with Crippen molar-refractivity contribution >= 4 is 11.5 Å². The highest BCUT2D eigenvalue weighted by Crippen LogP contribution is 2.27. The molecule has 0 spiro atoms. The maximum Gasteiger partial charge on any atom is 0.332 e. The number of nitrogen functional groups attached to an aromatic ring is 1. The summed E-state index contributed by atoms with van der Waals surface area (Å²) in [5.74, 6) is 0.929. The lowest BCUT2D eigenvalue weighted by atomic mass is 10.1. The highest BCUT2D eigenvalue weighted by atomic mass is 16.2. The van der Waals surface area contributed by atoms with Gasteiger partial charge < -0.3 is 11.1 Å². The molecule has 0 aliphatic heterocycles. The molecule has 0 aromatic carbocycles. The van der Waals surface area contributed by atoms with Gasteiger partial charge in [0.1, 0.15) is 11.5 Å². The Labute approximate surface area is 118 Å². The van der Waals surface area contributed by atoms with Gasteiger partial charge in [0.25, 0.3) is 5.56 Å². The molecule has 1 aliphatic carbocycles. The molecule has 6 nitrogen and oxygen atoms in total. The first-order valence-electron chi connectivity index (χ1n) is 7.31. The van der Waals surface area contributed by atoms with E-state index in [0.29, 0.717) is 18.2 Å². The maximum atomic E-state index is 12.2. The zero-order valence-electron chi connectivity index (χ0n) is 12.5. The van der Waals surface area contributed by atoms with Crippen LogP contribution in [0.25, 0.3) is 0 Å². The van der Waals surface area contributed by atoms with Crippen LogP contribution in [0.1, 0.15) is 39.5 Å². The Morgan fingerprint density at radius 3 is 2.60 bits per heavy atom. The first kappa shape index (κ1) is 14.7. The summed E-state index contributed by atoms with van der Waals surface area (Å²) in [6.07, 6.45) is 4.03. The Kier molecular flexibility index (Phi) is 4.20. The summed E-state index contributed by atoms with van der Waals surface area (Å²) < 4.78 is 2.61. The third-order valence-corrected chi connectivity index (χ3v) is 4.07. The largest absolute Gasteiger partial charge is 0.383 e. The highest BCUT2D eigenvalue weighted by Gasteiger charge is 2.24. The van der Waals surface area contributed by atoms with Gasteiger partial charge in [0.05, 0.1) is 0 Å². The van der Waals surface area contributed by atoms with Gasteiger partial charge in [-0.3, -0.25) is 13.9 Å². The van der Waals surface area contributed by atoms with Gasteiger partial charge in [-0.2, -0.15) is 0 Å². The normalized spacial score (nSPS) is 22.1. The minimum atomic E-state index is -0.348. The first-order valence-corrected chi connectivity index (χ1v) is 7.31. The van der Waals surface area contributed by atoms with Crippen molar-refractivity contribution in [3.8, 4) is 0 Å². The van der Waals surface area contributed by atoms with Crippen molar-refractivity contribution < 1.29 is 0 Å². The Morgan fingerprint density at radius 1 is 1.35 bits per heavy atom. The molecule has 0 amide bonds. The topological polar surface area (TPSA) is 82.0 Å². The van der Waals surface area contributed by atoms with Crippen LogP contribution >= 0.6 is 0 Å². The molecule has 112 valence electrons. The summed E-state index contributed by atoms with van der Waals surface area (Å²) in [4.78, 5) is 24.3. The lowest BCUT2D eigenvalue weighted by molar-refractivity contribution is 0.592. The van der Waals surface area contributed by atoms with E-state index in [4.69, 9.17) is 5.73 Å². The van der Waals surface area contributed by atoms with Crippen molar-refractivity contribution in [2.45, 2.75) is 52.1 Å². The number of rotatable bonds is 4. The highest BCUT2D eigenvalue weighted by molar-refractivity contribution is 5.61. The fourth-order valence-corrected chi connectivity index (χ4v) is 2.90. The van der Waals surface area contributed by atoms with E-state index in [0.717, 1.165) is 30.3 Å². The van der Waals surface area contributed by atoms with E-state index in [1.807, 2.05) is 6.92 Å². The van der Waals surface area contributed by atoms with E-state index in [-0.39, 0.29) is 23.1 Å². The molecule has 20 heavy (non-hydrogen) atoms. The van der Waals surface area contributed by atoms with Crippen molar-refractivity contribution in [3.05, 3.63) is 20.8 Å². The van der Waals surface area contributed by atoms with Crippen LogP contribution in [0.4, 0.5) is 11.5 Å². The molecule has 6 heteroatoms. The number of aromatic nitrogens is 2. The van der Waals surface area contributed by atoms with Crippen molar-refractivity contribution in [2.75, 3.05) is 11.1 Å². The van der Waals surface area contributed by atoms with Gasteiger partial charge in [0.2, 0.25) is 0 Å². The molecule has 0 bridgehead atoms. The minimum Gasteiger partial charge on any atom is -0.383 e. The van der Waals surface area contributed by atoms with Crippen LogP contribution in [0.2, 0.25) is 0 Å². The molecule has 1 aromatic heterocycles. The van der Waals surface area contributed by atoms with E-state index in [2.05, 4.69) is 12.2 Å². The van der Waals surface area contributed by atoms with Gasteiger partial charge in [0, 0.05) is 19.6 Å². The van der Waals surface area contributed by atoms with E-state index in [1.165, 1.54) is 11.6 Å². The Hall–Kier alpha value is -1.72. The Morgan fingerprint density at radius 2 is 2.05 bits per heavy atom. The van der Waals surface area contributed by atoms with Crippen LogP contribution in [0.5, 0.6) is 0 Å². The summed E-state index contributed by atoms with van der Waals surface area (Å²) in [7, 11) is 1.50. The first-order chi connectivity index (χ1) is 9.45. The van der Waals surface area contributed by atoms with E-state index in [1.54, 1.807) is 0 Å². The minimum absolute atomic E-state index is 0.263. The second kappa shape index (κ2) is 5.73. The molecule has 1 aromatic rings. The Bertz CT molecular complexity index is 602. The number of nitrogens with two attached hydrogens (primary N) is 1. The average Bonchev–Trinajstić information content (AvgIpc) is 2.83. The predicted octanol–water partition coefficient (Wildman–Crippen LogP) is 1.14.